The van der Waals surface area contributed by atoms with Crippen molar-refractivity contribution in [2.24, 2.45) is 0 Å². The number of nitrogens with one attached hydrogen (secondary N) is 2. The molecule has 0 fully saturated rings. The SMILES string of the molecule is Cc1ccc(Nc2nc(C)c(C(=O)Nc3ccc4c(c3)OCO4)s2)cc1. The van der Waals surface area contributed by atoms with E-state index in [1.165, 1.54) is 16.9 Å². The second-order valence-electron chi connectivity index (χ2n) is 5.95. The van der Waals surface area contributed by atoms with E-state index >= 15 is 0 Å². The maximum atomic E-state index is 12.6. The monoisotopic (exact) mass is 367 g/mol. The summed E-state index contributed by atoms with van der Waals surface area (Å²) in [6.07, 6.45) is 0. The summed E-state index contributed by atoms with van der Waals surface area (Å²) in [4.78, 5) is 17.6. The van der Waals surface area contributed by atoms with Crippen molar-refractivity contribution in [2.75, 3.05) is 17.4 Å². The minimum atomic E-state index is -0.198. The molecule has 2 N–H and O–H groups in total. The van der Waals surface area contributed by atoms with Gasteiger partial charge in [0.2, 0.25) is 6.79 Å². The summed E-state index contributed by atoms with van der Waals surface area (Å²) in [6.45, 7) is 4.07. The molecule has 26 heavy (non-hydrogen) atoms. The fraction of sp³-hybridized carbons (Fsp3) is 0.158. The standard InChI is InChI=1S/C19H17N3O3S/c1-11-3-5-13(6-4-11)22-19-20-12(2)17(26-19)18(23)21-14-7-8-15-16(9-14)25-10-24-15/h3-9H,10H2,1-2H3,(H,20,22)(H,21,23). The summed E-state index contributed by atoms with van der Waals surface area (Å²) >= 11 is 1.32. The largest absolute Gasteiger partial charge is 0.454 e. The highest BCUT2D eigenvalue weighted by Crippen LogP contribution is 2.34. The van der Waals surface area contributed by atoms with Gasteiger partial charge in [0.15, 0.2) is 16.6 Å². The van der Waals surface area contributed by atoms with E-state index in [-0.39, 0.29) is 12.7 Å². The molecule has 0 aliphatic carbocycles. The molecule has 1 amide bonds. The first-order valence-corrected chi connectivity index (χ1v) is 8.92. The van der Waals surface area contributed by atoms with Crippen LogP contribution in [0.2, 0.25) is 0 Å². The van der Waals surface area contributed by atoms with Crippen molar-refractivity contribution in [3.63, 3.8) is 0 Å². The minimum absolute atomic E-state index is 0.198. The average molecular weight is 367 g/mol. The van der Waals surface area contributed by atoms with E-state index in [2.05, 4.69) is 15.6 Å². The third-order valence-corrected chi connectivity index (χ3v) is 5.01. The van der Waals surface area contributed by atoms with Gasteiger partial charge in [0, 0.05) is 17.4 Å². The Bertz CT molecular complexity index is 967. The summed E-state index contributed by atoms with van der Waals surface area (Å²) in [7, 11) is 0. The molecule has 1 aliphatic heterocycles. The Morgan fingerprint density at radius 1 is 1.04 bits per heavy atom. The number of carbonyl (C=O) groups is 1. The van der Waals surface area contributed by atoms with Crippen molar-refractivity contribution in [2.45, 2.75) is 13.8 Å². The molecule has 7 heteroatoms. The predicted octanol–water partition coefficient (Wildman–Crippen LogP) is 4.48. The molecular formula is C19H17N3O3S. The van der Waals surface area contributed by atoms with E-state index in [0.717, 1.165) is 5.69 Å². The van der Waals surface area contributed by atoms with Crippen LogP contribution in [0.25, 0.3) is 0 Å². The van der Waals surface area contributed by atoms with Gasteiger partial charge in [-0.3, -0.25) is 4.79 Å². The Balaban J connectivity index is 1.49. The van der Waals surface area contributed by atoms with E-state index in [9.17, 15) is 4.79 Å². The summed E-state index contributed by atoms with van der Waals surface area (Å²) in [5.74, 6) is 1.11. The van der Waals surface area contributed by atoms with Crippen molar-refractivity contribution >= 4 is 33.8 Å². The van der Waals surface area contributed by atoms with Crippen LogP contribution in [0.5, 0.6) is 11.5 Å². The van der Waals surface area contributed by atoms with Gasteiger partial charge in [-0.25, -0.2) is 4.98 Å². The normalized spacial score (nSPS) is 12.1. The first kappa shape index (κ1) is 16.4. The van der Waals surface area contributed by atoms with E-state index in [1.54, 1.807) is 18.2 Å². The van der Waals surface area contributed by atoms with Gasteiger partial charge in [-0.15, -0.1) is 0 Å². The van der Waals surface area contributed by atoms with Gasteiger partial charge >= 0.3 is 0 Å². The number of hydrogen-bond donors (Lipinski definition) is 2. The molecule has 2 aromatic carbocycles. The Hall–Kier alpha value is -3.06. The maximum Gasteiger partial charge on any atom is 0.267 e. The topological polar surface area (TPSA) is 72.5 Å². The summed E-state index contributed by atoms with van der Waals surface area (Å²) in [5.41, 5.74) is 3.46. The molecule has 2 heterocycles. The molecule has 0 saturated heterocycles. The number of anilines is 3. The Morgan fingerprint density at radius 2 is 1.77 bits per heavy atom. The summed E-state index contributed by atoms with van der Waals surface area (Å²) in [6, 6.07) is 13.3. The molecule has 1 aliphatic rings. The summed E-state index contributed by atoms with van der Waals surface area (Å²) in [5, 5.41) is 6.80. The molecule has 3 aromatic rings. The second-order valence-corrected chi connectivity index (χ2v) is 6.95. The van der Waals surface area contributed by atoms with Crippen molar-refractivity contribution < 1.29 is 14.3 Å². The smallest absolute Gasteiger partial charge is 0.267 e. The van der Waals surface area contributed by atoms with Crippen LogP contribution in [0.3, 0.4) is 0 Å². The molecule has 0 bridgehead atoms. The number of benzene rings is 2. The predicted molar refractivity (Wildman–Crippen MR) is 102 cm³/mol. The van der Waals surface area contributed by atoms with Crippen LogP contribution in [-0.2, 0) is 0 Å². The number of aryl methyl sites for hydroxylation is 2. The molecule has 0 atom stereocenters. The first-order valence-electron chi connectivity index (χ1n) is 8.10. The van der Waals surface area contributed by atoms with Crippen molar-refractivity contribution in [1.29, 1.82) is 0 Å². The quantitative estimate of drug-likeness (QED) is 0.711. The highest BCUT2D eigenvalue weighted by molar-refractivity contribution is 7.17. The fourth-order valence-corrected chi connectivity index (χ4v) is 3.46. The third kappa shape index (κ3) is 3.34. The van der Waals surface area contributed by atoms with E-state index in [4.69, 9.17) is 9.47 Å². The second kappa shape index (κ2) is 6.68. The maximum absolute atomic E-state index is 12.6. The van der Waals surface area contributed by atoms with Gasteiger partial charge in [-0.2, -0.15) is 0 Å². The number of amides is 1. The van der Waals surface area contributed by atoms with Gasteiger partial charge in [-0.1, -0.05) is 29.0 Å². The molecular weight excluding hydrogens is 350 g/mol. The number of aromatic nitrogens is 1. The third-order valence-electron chi connectivity index (χ3n) is 3.94. The molecule has 1 aromatic heterocycles. The van der Waals surface area contributed by atoms with Gasteiger partial charge in [0.05, 0.1) is 5.69 Å². The zero-order valence-electron chi connectivity index (χ0n) is 14.3. The zero-order valence-corrected chi connectivity index (χ0v) is 15.1. The number of fused-ring (bicyclic) bond motifs is 1. The number of nitrogens with zero attached hydrogens (tertiary/aromatic N) is 1. The van der Waals surface area contributed by atoms with E-state index in [1.807, 2.05) is 38.1 Å². The van der Waals surface area contributed by atoms with Gasteiger partial charge in [0.25, 0.3) is 5.91 Å². The number of thiazole rings is 1. The van der Waals surface area contributed by atoms with Crippen LogP contribution in [0.15, 0.2) is 42.5 Å². The lowest BCUT2D eigenvalue weighted by atomic mass is 10.2. The minimum Gasteiger partial charge on any atom is -0.454 e. The van der Waals surface area contributed by atoms with Crippen molar-refractivity contribution in [3.05, 3.63) is 58.6 Å². The Kier molecular flexibility index (Phi) is 4.22. The average Bonchev–Trinajstić information content (AvgIpc) is 3.23. The zero-order chi connectivity index (χ0) is 18.1. The van der Waals surface area contributed by atoms with Crippen LogP contribution < -0.4 is 20.1 Å². The van der Waals surface area contributed by atoms with Gasteiger partial charge < -0.3 is 20.1 Å². The molecule has 4 rings (SSSR count). The van der Waals surface area contributed by atoms with Gasteiger partial charge in [-0.05, 0) is 38.1 Å². The number of carbonyl (C=O) groups excluding carboxylic acids is 1. The van der Waals surface area contributed by atoms with Crippen molar-refractivity contribution in [1.82, 2.24) is 4.98 Å². The van der Waals surface area contributed by atoms with E-state index < -0.39 is 0 Å². The molecule has 132 valence electrons. The Morgan fingerprint density at radius 3 is 2.58 bits per heavy atom. The van der Waals surface area contributed by atoms with Crippen LogP contribution in [0, 0.1) is 13.8 Å². The summed E-state index contributed by atoms with van der Waals surface area (Å²) < 4.78 is 10.6. The first-order chi connectivity index (χ1) is 12.6. The van der Waals surface area contributed by atoms with Crippen molar-refractivity contribution in [3.8, 4) is 11.5 Å². The molecule has 6 nitrogen and oxygen atoms in total. The van der Waals surface area contributed by atoms with Crippen LogP contribution in [-0.4, -0.2) is 17.7 Å². The van der Waals surface area contributed by atoms with Crippen LogP contribution in [0.1, 0.15) is 20.9 Å². The fourth-order valence-electron chi connectivity index (χ4n) is 2.58. The van der Waals surface area contributed by atoms with E-state index in [0.29, 0.717) is 32.9 Å². The molecule has 0 saturated carbocycles. The van der Waals surface area contributed by atoms with Crippen LogP contribution in [0.4, 0.5) is 16.5 Å². The van der Waals surface area contributed by atoms with Crippen LogP contribution >= 0.6 is 11.3 Å². The lowest BCUT2D eigenvalue weighted by molar-refractivity contribution is 0.103. The highest BCUT2D eigenvalue weighted by Gasteiger charge is 2.18. The lowest BCUT2D eigenvalue weighted by Gasteiger charge is -2.05. The van der Waals surface area contributed by atoms with Gasteiger partial charge in [0.1, 0.15) is 4.88 Å². The molecule has 0 spiro atoms. The number of hydrogen-bond acceptors (Lipinski definition) is 6. The highest BCUT2D eigenvalue weighted by atomic mass is 32.1. The lowest BCUT2D eigenvalue weighted by Crippen LogP contribution is -2.11. The molecule has 0 radical (unpaired) electrons. The molecule has 0 unspecified atom stereocenters. The number of ether oxygens (including phenoxy) is 2. The number of rotatable bonds is 4. The Labute approximate surface area is 154 Å².